The Morgan fingerprint density at radius 1 is 0.967 bits per heavy atom. The van der Waals surface area contributed by atoms with E-state index in [1.54, 1.807) is 11.0 Å². The number of carbonyl (C=O) groups excluding carboxylic acids is 1. The number of nitrogens with zero attached hydrogens (tertiary/aromatic N) is 2. The molecule has 3 nitrogen and oxygen atoms in total. The average Bonchev–Trinajstić information content (AvgIpc) is 3.02. The average molecular weight is 437 g/mol. The molecule has 6 heteroatoms. The molecule has 0 spiro atoms. The summed E-state index contributed by atoms with van der Waals surface area (Å²) in [4.78, 5) is 20.1. The molecular weight excluding hydrogens is 419 g/mol. The molecule has 1 aliphatic heterocycles. The Balaban J connectivity index is 1.86. The van der Waals surface area contributed by atoms with Gasteiger partial charge in [-0.1, -0.05) is 54.1 Å². The standard InChI is InChI=1S/C24H18ClFN2OS/c1-15-8-3-5-12-20(15)27-24-28(21-13-6-4-9-16(21)2)23(29)22(30-24)14-17-18(25)10-7-11-19(17)26/h3-14H,1-2H3/b22-14+,27-24?. The monoisotopic (exact) mass is 436 g/mol. The van der Waals surface area contributed by atoms with Gasteiger partial charge < -0.3 is 0 Å². The number of benzene rings is 3. The SMILES string of the molecule is Cc1ccccc1N=C1S/C(=C/c2c(F)cccc2Cl)C(=O)N1c1ccccc1C. The lowest BCUT2D eigenvalue weighted by molar-refractivity contribution is -0.113. The van der Waals surface area contributed by atoms with E-state index in [4.69, 9.17) is 16.6 Å². The fourth-order valence-corrected chi connectivity index (χ4v) is 4.33. The first-order valence-electron chi connectivity index (χ1n) is 9.33. The van der Waals surface area contributed by atoms with E-state index < -0.39 is 5.82 Å². The molecule has 30 heavy (non-hydrogen) atoms. The van der Waals surface area contributed by atoms with Crippen molar-refractivity contribution in [3.05, 3.63) is 99.2 Å². The van der Waals surface area contributed by atoms with Crippen LogP contribution in [-0.4, -0.2) is 11.1 Å². The molecule has 0 unspecified atom stereocenters. The van der Waals surface area contributed by atoms with Gasteiger partial charge in [0.15, 0.2) is 5.17 Å². The molecule has 1 heterocycles. The Kier molecular flexibility index (Phi) is 5.75. The van der Waals surface area contributed by atoms with E-state index in [-0.39, 0.29) is 16.5 Å². The maximum absolute atomic E-state index is 14.3. The van der Waals surface area contributed by atoms with E-state index in [2.05, 4.69) is 0 Å². The number of aliphatic imine (C=N–C) groups is 1. The van der Waals surface area contributed by atoms with Crippen molar-refractivity contribution in [2.45, 2.75) is 13.8 Å². The molecule has 4 rings (SSSR count). The Bertz CT molecular complexity index is 1190. The van der Waals surface area contributed by atoms with Gasteiger partial charge in [0.2, 0.25) is 0 Å². The molecule has 0 atom stereocenters. The number of amides is 1. The zero-order valence-corrected chi connectivity index (χ0v) is 18.0. The van der Waals surface area contributed by atoms with Crippen LogP contribution in [-0.2, 0) is 4.79 Å². The first-order chi connectivity index (χ1) is 14.5. The molecular formula is C24H18ClFN2OS. The van der Waals surface area contributed by atoms with Crippen LogP contribution in [0.4, 0.5) is 15.8 Å². The maximum atomic E-state index is 14.3. The van der Waals surface area contributed by atoms with Crippen LogP contribution in [0.5, 0.6) is 0 Å². The van der Waals surface area contributed by atoms with Gasteiger partial charge in [-0.15, -0.1) is 0 Å². The normalized spacial score (nSPS) is 16.7. The second kappa shape index (κ2) is 8.46. The number of hydrogen-bond donors (Lipinski definition) is 0. The minimum absolute atomic E-state index is 0.192. The third-order valence-corrected chi connectivity index (χ3v) is 6.07. The molecule has 1 fully saturated rings. The number of rotatable bonds is 3. The van der Waals surface area contributed by atoms with Crippen molar-refractivity contribution in [2.24, 2.45) is 4.99 Å². The molecule has 1 aliphatic rings. The third kappa shape index (κ3) is 3.91. The van der Waals surface area contributed by atoms with Crippen LogP contribution in [0.15, 0.2) is 76.6 Å². The summed E-state index contributed by atoms with van der Waals surface area (Å²) in [6, 6.07) is 19.8. The van der Waals surface area contributed by atoms with Crippen LogP contribution >= 0.6 is 23.4 Å². The van der Waals surface area contributed by atoms with Gasteiger partial charge in [0.05, 0.1) is 21.3 Å². The Labute approximate surface area is 183 Å². The van der Waals surface area contributed by atoms with Crippen molar-refractivity contribution in [3.63, 3.8) is 0 Å². The quantitative estimate of drug-likeness (QED) is 0.418. The molecule has 0 aromatic heterocycles. The summed E-state index contributed by atoms with van der Waals surface area (Å²) in [7, 11) is 0. The van der Waals surface area contributed by atoms with Crippen LogP contribution in [0.1, 0.15) is 16.7 Å². The van der Waals surface area contributed by atoms with E-state index in [1.807, 2.05) is 62.4 Å². The van der Waals surface area contributed by atoms with Gasteiger partial charge >= 0.3 is 0 Å². The van der Waals surface area contributed by atoms with E-state index in [0.29, 0.717) is 10.1 Å². The van der Waals surface area contributed by atoms with Gasteiger partial charge in [0.25, 0.3) is 5.91 Å². The highest BCUT2D eigenvalue weighted by Crippen LogP contribution is 2.39. The lowest BCUT2D eigenvalue weighted by atomic mass is 10.1. The summed E-state index contributed by atoms with van der Waals surface area (Å²) >= 11 is 7.38. The van der Waals surface area contributed by atoms with Gasteiger partial charge in [-0.25, -0.2) is 9.38 Å². The predicted molar refractivity (Wildman–Crippen MR) is 124 cm³/mol. The number of para-hydroxylation sites is 2. The first kappa shape index (κ1) is 20.4. The zero-order valence-electron chi connectivity index (χ0n) is 16.4. The van der Waals surface area contributed by atoms with Gasteiger partial charge in [-0.2, -0.15) is 0 Å². The second-order valence-corrected chi connectivity index (χ2v) is 8.27. The summed E-state index contributed by atoms with van der Waals surface area (Å²) in [6.07, 6.45) is 1.50. The molecule has 0 saturated carbocycles. The Morgan fingerprint density at radius 2 is 1.67 bits per heavy atom. The predicted octanol–water partition coefficient (Wildman–Crippen LogP) is 6.90. The maximum Gasteiger partial charge on any atom is 0.271 e. The Hall–Kier alpha value is -2.89. The third-order valence-electron chi connectivity index (χ3n) is 4.77. The van der Waals surface area contributed by atoms with Crippen LogP contribution in [0.2, 0.25) is 5.02 Å². The van der Waals surface area contributed by atoms with Gasteiger partial charge in [-0.05, 0) is 67.1 Å². The molecule has 3 aromatic rings. The molecule has 0 aliphatic carbocycles. The molecule has 0 radical (unpaired) electrons. The smallest absolute Gasteiger partial charge is 0.268 e. The van der Waals surface area contributed by atoms with Crippen LogP contribution in [0, 0.1) is 19.7 Å². The second-order valence-electron chi connectivity index (χ2n) is 6.85. The summed E-state index contributed by atoms with van der Waals surface area (Å²) in [5.74, 6) is -0.740. The molecule has 0 N–H and O–H groups in total. The number of carbonyl (C=O) groups is 1. The van der Waals surface area contributed by atoms with Crippen molar-refractivity contribution in [3.8, 4) is 0 Å². The van der Waals surface area contributed by atoms with E-state index in [9.17, 15) is 9.18 Å². The highest BCUT2D eigenvalue weighted by atomic mass is 35.5. The largest absolute Gasteiger partial charge is 0.271 e. The fraction of sp³-hybridized carbons (Fsp3) is 0.0833. The van der Waals surface area contributed by atoms with Crippen LogP contribution in [0.25, 0.3) is 6.08 Å². The summed E-state index contributed by atoms with van der Waals surface area (Å²) in [5, 5.41) is 0.768. The minimum atomic E-state index is -0.477. The van der Waals surface area contributed by atoms with Crippen molar-refractivity contribution < 1.29 is 9.18 Å². The van der Waals surface area contributed by atoms with Crippen molar-refractivity contribution in [1.29, 1.82) is 0 Å². The van der Waals surface area contributed by atoms with Gasteiger partial charge in [0, 0.05) is 5.56 Å². The van der Waals surface area contributed by atoms with Crippen LogP contribution < -0.4 is 4.90 Å². The summed E-state index contributed by atoms with van der Waals surface area (Å²) in [5.41, 5.74) is 3.64. The van der Waals surface area contributed by atoms with Gasteiger partial charge in [0.1, 0.15) is 5.82 Å². The minimum Gasteiger partial charge on any atom is -0.268 e. The number of aryl methyl sites for hydroxylation is 2. The number of anilines is 1. The van der Waals surface area contributed by atoms with Crippen molar-refractivity contribution in [2.75, 3.05) is 4.90 Å². The number of halogens is 2. The number of thioether (sulfide) groups is 1. The number of amidine groups is 1. The molecule has 1 saturated heterocycles. The fourth-order valence-electron chi connectivity index (χ4n) is 3.15. The zero-order chi connectivity index (χ0) is 21.3. The Morgan fingerprint density at radius 3 is 2.37 bits per heavy atom. The molecule has 0 bridgehead atoms. The van der Waals surface area contributed by atoms with E-state index in [1.165, 1.54) is 30.0 Å². The van der Waals surface area contributed by atoms with Crippen LogP contribution in [0.3, 0.4) is 0 Å². The molecule has 1 amide bonds. The van der Waals surface area contributed by atoms with Gasteiger partial charge in [-0.3, -0.25) is 9.69 Å². The highest BCUT2D eigenvalue weighted by Gasteiger charge is 2.35. The topological polar surface area (TPSA) is 32.7 Å². The number of hydrogen-bond acceptors (Lipinski definition) is 3. The lowest BCUT2D eigenvalue weighted by Crippen LogP contribution is -2.29. The highest BCUT2D eigenvalue weighted by molar-refractivity contribution is 8.19. The van der Waals surface area contributed by atoms with Crippen molar-refractivity contribution in [1.82, 2.24) is 0 Å². The van der Waals surface area contributed by atoms with E-state index in [0.717, 1.165) is 22.5 Å². The van der Waals surface area contributed by atoms with Crippen molar-refractivity contribution >= 4 is 51.9 Å². The van der Waals surface area contributed by atoms with E-state index >= 15 is 0 Å². The summed E-state index contributed by atoms with van der Waals surface area (Å²) in [6.45, 7) is 3.91. The summed E-state index contributed by atoms with van der Waals surface area (Å²) < 4.78 is 14.3. The lowest BCUT2D eigenvalue weighted by Gasteiger charge is -2.18. The first-order valence-corrected chi connectivity index (χ1v) is 10.5. The molecule has 150 valence electrons. The molecule has 3 aromatic carbocycles.